The smallest absolute Gasteiger partial charge is 0.307 e. The van der Waals surface area contributed by atoms with E-state index in [1.807, 2.05) is 0 Å². The fourth-order valence-electron chi connectivity index (χ4n) is 1.14. The highest BCUT2D eigenvalue weighted by Gasteiger charge is 2.02. The molecule has 0 atom stereocenters. The van der Waals surface area contributed by atoms with E-state index in [4.69, 9.17) is 21.5 Å². The molecule has 7 nitrogen and oxygen atoms in total. The molecule has 0 fully saturated rings. The molecule has 0 aliphatic rings. The molecule has 5 N–H and O–H groups in total. The number of nitriles is 1. The summed E-state index contributed by atoms with van der Waals surface area (Å²) in [6.45, 7) is 0. The fraction of sp³-hybridized carbons (Fsp3) is 0.0909. The average Bonchev–Trinajstić information content (AvgIpc) is 2.31. The Bertz CT molecular complexity index is 527. The molecule has 0 unspecified atom stereocenters. The molecule has 92 valence electrons. The van der Waals surface area contributed by atoms with E-state index >= 15 is 0 Å². The second kappa shape index (κ2) is 6.00. The number of nitrogens with zero attached hydrogens (tertiary/aromatic N) is 2. The van der Waals surface area contributed by atoms with Gasteiger partial charge < -0.3 is 10.8 Å². The summed E-state index contributed by atoms with van der Waals surface area (Å²) in [6, 6.07) is 8.17. The molecule has 0 saturated carbocycles. The first-order valence-electron chi connectivity index (χ1n) is 4.92. The van der Waals surface area contributed by atoms with Crippen molar-refractivity contribution >= 4 is 23.2 Å². The molecule has 0 heterocycles. The molecule has 0 aromatic heterocycles. The summed E-state index contributed by atoms with van der Waals surface area (Å²) in [6.07, 6.45) is -0.0551. The second-order valence-electron chi connectivity index (χ2n) is 3.37. The van der Waals surface area contributed by atoms with Crippen LogP contribution >= 0.6 is 0 Å². The number of carboxylic acid groups (broad SMARTS) is 1. The van der Waals surface area contributed by atoms with Crippen LogP contribution in [0.4, 0.5) is 5.69 Å². The van der Waals surface area contributed by atoms with E-state index in [1.54, 1.807) is 30.3 Å². The summed E-state index contributed by atoms with van der Waals surface area (Å²) >= 11 is 0. The largest absolute Gasteiger partial charge is 0.481 e. The monoisotopic (exact) mass is 245 g/mol. The van der Waals surface area contributed by atoms with E-state index in [1.165, 1.54) is 0 Å². The highest BCUT2D eigenvalue weighted by molar-refractivity contribution is 6.45. The van der Waals surface area contributed by atoms with Crippen LogP contribution in [0.5, 0.6) is 0 Å². The lowest BCUT2D eigenvalue weighted by atomic mass is 10.1. The molecule has 1 rings (SSSR count). The summed E-state index contributed by atoms with van der Waals surface area (Å²) < 4.78 is 0. The number of amidine groups is 1. The van der Waals surface area contributed by atoms with Crippen molar-refractivity contribution in [3.8, 4) is 6.07 Å². The summed E-state index contributed by atoms with van der Waals surface area (Å²) in [4.78, 5) is 10.5. The second-order valence-corrected chi connectivity index (χ2v) is 3.37. The van der Waals surface area contributed by atoms with Crippen molar-refractivity contribution in [1.29, 1.82) is 10.7 Å². The minimum atomic E-state index is -0.905. The zero-order valence-electron chi connectivity index (χ0n) is 9.34. The summed E-state index contributed by atoms with van der Waals surface area (Å²) in [5.74, 6) is -1.33. The molecule has 0 radical (unpaired) electrons. The average molecular weight is 245 g/mol. The van der Waals surface area contributed by atoms with Gasteiger partial charge in [0.05, 0.1) is 12.1 Å². The van der Waals surface area contributed by atoms with E-state index in [0.29, 0.717) is 11.3 Å². The highest BCUT2D eigenvalue weighted by Crippen LogP contribution is 2.10. The number of hydrogen-bond acceptors (Lipinski definition) is 5. The van der Waals surface area contributed by atoms with E-state index in [0.717, 1.165) is 0 Å². The van der Waals surface area contributed by atoms with Gasteiger partial charge in [0.1, 0.15) is 6.07 Å². The first kappa shape index (κ1) is 13.2. The van der Waals surface area contributed by atoms with Gasteiger partial charge in [-0.05, 0) is 17.7 Å². The predicted molar refractivity (Wildman–Crippen MR) is 66.4 cm³/mol. The first-order chi connectivity index (χ1) is 8.52. The number of nitrogens with one attached hydrogen (secondary N) is 2. The maximum absolute atomic E-state index is 10.5. The first-order valence-corrected chi connectivity index (χ1v) is 4.92. The molecule has 0 spiro atoms. The molecule has 18 heavy (non-hydrogen) atoms. The SMILES string of the molecule is N#C/C(=N\Nc1ccc(CC(=O)O)cc1)C(=N)N. The lowest BCUT2D eigenvalue weighted by Crippen LogP contribution is -2.21. The quantitative estimate of drug-likeness (QED) is 0.341. The van der Waals surface area contributed by atoms with Gasteiger partial charge >= 0.3 is 5.97 Å². The van der Waals surface area contributed by atoms with E-state index < -0.39 is 11.8 Å². The Morgan fingerprint density at radius 1 is 1.50 bits per heavy atom. The van der Waals surface area contributed by atoms with Crippen molar-refractivity contribution in [2.45, 2.75) is 6.42 Å². The van der Waals surface area contributed by atoms with Gasteiger partial charge in [-0.15, -0.1) is 0 Å². The molecule has 0 amide bonds. The van der Waals surface area contributed by atoms with Crippen molar-refractivity contribution in [1.82, 2.24) is 0 Å². The van der Waals surface area contributed by atoms with Crippen LogP contribution in [0.3, 0.4) is 0 Å². The molecule has 1 aromatic carbocycles. The van der Waals surface area contributed by atoms with Crippen molar-refractivity contribution < 1.29 is 9.90 Å². The van der Waals surface area contributed by atoms with Gasteiger partial charge in [-0.2, -0.15) is 10.4 Å². The van der Waals surface area contributed by atoms with E-state index in [9.17, 15) is 4.79 Å². The number of carboxylic acids is 1. The van der Waals surface area contributed by atoms with Crippen LogP contribution in [0.25, 0.3) is 0 Å². The molecule has 0 aliphatic carbocycles. The third-order valence-corrected chi connectivity index (χ3v) is 1.97. The molecule has 0 saturated heterocycles. The van der Waals surface area contributed by atoms with E-state index in [2.05, 4.69) is 10.5 Å². The zero-order valence-corrected chi connectivity index (χ0v) is 9.34. The fourth-order valence-corrected chi connectivity index (χ4v) is 1.14. The minimum absolute atomic E-state index is 0.0551. The highest BCUT2D eigenvalue weighted by atomic mass is 16.4. The van der Waals surface area contributed by atoms with Gasteiger partial charge in [-0.1, -0.05) is 12.1 Å². The summed E-state index contributed by atoms with van der Waals surface area (Å²) in [5.41, 5.74) is 8.68. The van der Waals surface area contributed by atoms with Gasteiger partial charge in [0.25, 0.3) is 0 Å². The third kappa shape index (κ3) is 3.94. The van der Waals surface area contributed by atoms with Gasteiger partial charge in [0.2, 0.25) is 5.71 Å². The van der Waals surface area contributed by atoms with Gasteiger partial charge in [0, 0.05) is 0 Å². The number of rotatable bonds is 5. The topological polar surface area (TPSA) is 135 Å². The number of hydrazone groups is 1. The minimum Gasteiger partial charge on any atom is -0.481 e. The van der Waals surface area contributed by atoms with Crippen LogP contribution in [0.2, 0.25) is 0 Å². The Balaban J connectivity index is 2.73. The van der Waals surface area contributed by atoms with Crippen LogP contribution in [-0.4, -0.2) is 22.6 Å². The number of carbonyl (C=O) groups is 1. The van der Waals surface area contributed by atoms with Gasteiger partial charge in [0.15, 0.2) is 5.84 Å². The summed E-state index contributed by atoms with van der Waals surface area (Å²) in [5, 5.41) is 27.9. The van der Waals surface area contributed by atoms with Crippen molar-refractivity contribution in [3.63, 3.8) is 0 Å². The number of benzene rings is 1. The number of anilines is 1. The van der Waals surface area contributed by atoms with Crippen molar-refractivity contribution in [2.24, 2.45) is 10.8 Å². The Kier molecular flexibility index (Phi) is 4.40. The molecule has 0 bridgehead atoms. The zero-order chi connectivity index (χ0) is 13.5. The van der Waals surface area contributed by atoms with Crippen LogP contribution in [-0.2, 0) is 11.2 Å². The third-order valence-electron chi connectivity index (χ3n) is 1.97. The van der Waals surface area contributed by atoms with Crippen LogP contribution < -0.4 is 11.2 Å². The maximum Gasteiger partial charge on any atom is 0.307 e. The summed E-state index contributed by atoms with van der Waals surface area (Å²) in [7, 11) is 0. The lowest BCUT2D eigenvalue weighted by Gasteiger charge is -2.02. The number of aliphatic carboxylic acids is 1. The van der Waals surface area contributed by atoms with Crippen molar-refractivity contribution in [2.75, 3.05) is 5.43 Å². The molecular formula is C11H11N5O2. The van der Waals surface area contributed by atoms with Crippen LogP contribution in [0.1, 0.15) is 5.56 Å². The van der Waals surface area contributed by atoms with Crippen LogP contribution in [0, 0.1) is 16.7 Å². The Hall–Kier alpha value is -2.88. The Morgan fingerprint density at radius 2 is 2.11 bits per heavy atom. The normalized spacial score (nSPS) is 10.5. The molecule has 0 aliphatic heterocycles. The van der Waals surface area contributed by atoms with Crippen molar-refractivity contribution in [3.05, 3.63) is 29.8 Å². The lowest BCUT2D eigenvalue weighted by molar-refractivity contribution is -0.136. The van der Waals surface area contributed by atoms with Crippen LogP contribution in [0.15, 0.2) is 29.4 Å². The number of hydrogen-bond donors (Lipinski definition) is 4. The standard InChI is InChI=1S/C11H11N5O2/c12-6-9(11(13)14)16-15-8-3-1-7(2-4-8)5-10(17)18/h1-4,15H,5H2,(H3,13,14)(H,17,18)/b16-9+. The molecular weight excluding hydrogens is 234 g/mol. The van der Waals surface area contributed by atoms with Gasteiger partial charge in [-0.3, -0.25) is 15.6 Å². The Morgan fingerprint density at radius 3 is 2.56 bits per heavy atom. The van der Waals surface area contributed by atoms with Gasteiger partial charge in [-0.25, -0.2) is 0 Å². The Labute approximate surface area is 103 Å². The molecule has 1 aromatic rings. The van der Waals surface area contributed by atoms with E-state index in [-0.39, 0.29) is 12.1 Å². The maximum atomic E-state index is 10.5. The molecule has 7 heteroatoms. The predicted octanol–water partition coefficient (Wildman–Crippen LogP) is 0.541. The number of nitrogens with two attached hydrogens (primary N) is 1.